The van der Waals surface area contributed by atoms with Crippen molar-refractivity contribution >= 4 is 12.1 Å². The maximum atomic E-state index is 12.1. The van der Waals surface area contributed by atoms with Crippen LogP contribution in [-0.2, 0) is 11.3 Å². The van der Waals surface area contributed by atoms with E-state index < -0.39 is 11.6 Å². The Balaban J connectivity index is 2.23. The summed E-state index contributed by atoms with van der Waals surface area (Å²) in [4.78, 5) is 24.8. The van der Waals surface area contributed by atoms with Crippen LogP contribution in [0.5, 0.6) is 0 Å². The average molecular weight is 277 g/mol. The molecule has 0 bridgehead atoms. The first-order valence-corrected chi connectivity index (χ1v) is 6.55. The topological polar surface area (TPSA) is 66.8 Å². The van der Waals surface area contributed by atoms with Crippen molar-refractivity contribution in [3.63, 3.8) is 0 Å². The molecular formula is C15H19NO4. The lowest BCUT2D eigenvalue weighted by Gasteiger charge is -2.27. The van der Waals surface area contributed by atoms with Crippen molar-refractivity contribution < 1.29 is 19.4 Å². The molecule has 1 atom stereocenters. The molecule has 0 fully saturated rings. The molecule has 5 nitrogen and oxygen atoms in total. The summed E-state index contributed by atoms with van der Waals surface area (Å²) in [6.07, 6.45) is -0.377. The normalized spacial score (nSPS) is 17.8. The molecule has 0 aliphatic carbocycles. The van der Waals surface area contributed by atoms with E-state index in [2.05, 4.69) is 0 Å². The fraction of sp³-hybridized carbons (Fsp3) is 0.467. The van der Waals surface area contributed by atoms with Gasteiger partial charge in [-0.3, -0.25) is 4.90 Å². The van der Waals surface area contributed by atoms with E-state index in [1.165, 1.54) is 0 Å². The summed E-state index contributed by atoms with van der Waals surface area (Å²) >= 11 is 0. The summed E-state index contributed by atoms with van der Waals surface area (Å²) < 4.78 is 5.37. The van der Waals surface area contributed by atoms with Crippen LogP contribution in [0.1, 0.15) is 55.2 Å². The number of ether oxygens (including phenoxy) is 1. The van der Waals surface area contributed by atoms with Gasteiger partial charge in [0.2, 0.25) is 0 Å². The Labute approximate surface area is 118 Å². The third kappa shape index (κ3) is 2.76. The number of hydrogen-bond acceptors (Lipinski definition) is 3. The Morgan fingerprint density at radius 2 is 2.00 bits per heavy atom. The molecule has 0 spiro atoms. The van der Waals surface area contributed by atoms with Crippen LogP contribution in [0.4, 0.5) is 4.79 Å². The number of carbonyl (C=O) groups excluding carboxylic acids is 1. The Bertz CT molecular complexity index is 559. The summed E-state index contributed by atoms with van der Waals surface area (Å²) in [7, 11) is 0. The average Bonchev–Trinajstić information content (AvgIpc) is 2.64. The van der Waals surface area contributed by atoms with Crippen LogP contribution < -0.4 is 0 Å². The number of nitrogens with zero attached hydrogens (tertiary/aromatic N) is 1. The Morgan fingerprint density at radius 3 is 2.55 bits per heavy atom. The van der Waals surface area contributed by atoms with Crippen LogP contribution in [0.2, 0.25) is 0 Å². The van der Waals surface area contributed by atoms with Gasteiger partial charge < -0.3 is 9.84 Å². The van der Waals surface area contributed by atoms with Gasteiger partial charge in [-0.15, -0.1) is 0 Å². The van der Waals surface area contributed by atoms with Gasteiger partial charge in [0.1, 0.15) is 5.60 Å². The highest BCUT2D eigenvalue weighted by Gasteiger charge is 2.33. The van der Waals surface area contributed by atoms with Gasteiger partial charge in [0.15, 0.2) is 0 Å². The molecule has 0 unspecified atom stereocenters. The number of benzene rings is 1. The zero-order valence-corrected chi connectivity index (χ0v) is 12.1. The van der Waals surface area contributed by atoms with Gasteiger partial charge in [-0.1, -0.05) is 6.07 Å². The summed E-state index contributed by atoms with van der Waals surface area (Å²) in [5.41, 5.74) is 1.53. The van der Waals surface area contributed by atoms with E-state index in [1.807, 2.05) is 27.7 Å². The van der Waals surface area contributed by atoms with E-state index >= 15 is 0 Å². The molecule has 0 radical (unpaired) electrons. The van der Waals surface area contributed by atoms with Crippen LogP contribution in [-0.4, -0.2) is 27.7 Å². The molecule has 1 aliphatic heterocycles. The van der Waals surface area contributed by atoms with Gasteiger partial charge in [0, 0.05) is 6.54 Å². The Kier molecular flexibility index (Phi) is 3.46. The molecule has 5 heteroatoms. The Hall–Kier alpha value is -2.04. The maximum Gasteiger partial charge on any atom is 0.411 e. The van der Waals surface area contributed by atoms with Crippen molar-refractivity contribution in [1.29, 1.82) is 0 Å². The smallest absolute Gasteiger partial charge is 0.411 e. The van der Waals surface area contributed by atoms with E-state index in [0.29, 0.717) is 6.54 Å². The highest BCUT2D eigenvalue weighted by Crippen LogP contribution is 2.34. The maximum absolute atomic E-state index is 12.1. The zero-order valence-electron chi connectivity index (χ0n) is 12.1. The molecule has 20 heavy (non-hydrogen) atoms. The van der Waals surface area contributed by atoms with E-state index in [1.54, 1.807) is 23.1 Å². The predicted molar refractivity (Wildman–Crippen MR) is 73.6 cm³/mol. The van der Waals surface area contributed by atoms with Crippen molar-refractivity contribution in [1.82, 2.24) is 4.90 Å². The fourth-order valence-electron chi connectivity index (χ4n) is 2.29. The number of carbonyl (C=O) groups is 2. The molecule has 1 N–H and O–H groups in total. The van der Waals surface area contributed by atoms with E-state index in [-0.39, 0.29) is 17.7 Å². The van der Waals surface area contributed by atoms with Crippen LogP contribution in [0.25, 0.3) is 0 Å². The first-order chi connectivity index (χ1) is 9.19. The molecule has 0 saturated carbocycles. The Morgan fingerprint density at radius 1 is 1.35 bits per heavy atom. The largest absolute Gasteiger partial charge is 0.478 e. The first-order valence-electron chi connectivity index (χ1n) is 6.55. The molecule has 0 aromatic heterocycles. The highest BCUT2D eigenvalue weighted by atomic mass is 16.6. The van der Waals surface area contributed by atoms with Crippen molar-refractivity contribution in [2.45, 2.75) is 45.9 Å². The van der Waals surface area contributed by atoms with Crippen LogP contribution in [0, 0.1) is 0 Å². The zero-order chi connectivity index (χ0) is 15.1. The minimum absolute atomic E-state index is 0.181. The minimum atomic E-state index is -0.962. The van der Waals surface area contributed by atoms with Crippen LogP contribution in [0.15, 0.2) is 18.2 Å². The quantitative estimate of drug-likeness (QED) is 0.856. The number of hydrogen-bond donors (Lipinski definition) is 1. The van der Waals surface area contributed by atoms with Gasteiger partial charge in [-0.2, -0.15) is 0 Å². The standard InChI is InChI=1S/C15H19NO4/c1-9-12-7-10(13(17)18)5-6-11(12)8-16(9)14(19)20-15(2,3)4/h5-7,9H,8H2,1-4H3,(H,17,18)/t9-/m0/s1. The number of amides is 1. The highest BCUT2D eigenvalue weighted by molar-refractivity contribution is 5.88. The van der Waals surface area contributed by atoms with E-state index in [9.17, 15) is 9.59 Å². The van der Waals surface area contributed by atoms with Gasteiger partial charge >= 0.3 is 12.1 Å². The fourth-order valence-corrected chi connectivity index (χ4v) is 2.29. The number of fused-ring (bicyclic) bond motifs is 1. The van der Waals surface area contributed by atoms with Crippen molar-refractivity contribution in [2.75, 3.05) is 0 Å². The lowest BCUT2D eigenvalue weighted by atomic mass is 10.0. The number of rotatable bonds is 1. The molecule has 1 heterocycles. The van der Waals surface area contributed by atoms with Crippen molar-refractivity contribution in [3.05, 3.63) is 34.9 Å². The molecule has 0 saturated heterocycles. The van der Waals surface area contributed by atoms with Crippen LogP contribution >= 0.6 is 0 Å². The van der Waals surface area contributed by atoms with Crippen LogP contribution in [0.3, 0.4) is 0 Å². The molecule has 1 amide bonds. The number of carboxylic acid groups (broad SMARTS) is 1. The summed E-state index contributed by atoms with van der Waals surface area (Å²) in [6, 6.07) is 4.78. The lowest BCUT2D eigenvalue weighted by molar-refractivity contribution is 0.0187. The summed E-state index contributed by atoms with van der Waals surface area (Å²) in [5, 5.41) is 9.03. The predicted octanol–water partition coefficient (Wildman–Crippen LogP) is 3.20. The first kappa shape index (κ1) is 14.4. The SMILES string of the molecule is C[C@H]1c2cc(C(=O)O)ccc2CN1C(=O)OC(C)(C)C. The minimum Gasteiger partial charge on any atom is -0.478 e. The molecule has 1 aromatic rings. The third-order valence-corrected chi connectivity index (χ3v) is 3.28. The molecular weight excluding hydrogens is 258 g/mol. The van der Waals surface area contributed by atoms with E-state index in [0.717, 1.165) is 11.1 Å². The monoisotopic (exact) mass is 277 g/mol. The lowest BCUT2D eigenvalue weighted by Crippen LogP contribution is -2.35. The third-order valence-electron chi connectivity index (χ3n) is 3.28. The second-order valence-corrected chi connectivity index (χ2v) is 6.00. The van der Waals surface area contributed by atoms with E-state index in [4.69, 9.17) is 9.84 Å². The number of carboxylic acids is 1. The molecule has 2 rings (SSSR count). The van der Waals surface area contributed by atoms with Gasteiger partial charge in [-0.25, -0.2) is 9.59 Å². The van der Waals surface area contributed by atoms with Gasteiger partial charge in [-0.05, 0) is 51.0 Å². The van der Waals surface area contributed by atoms with Gasteiger partial charge in [0.05, 0.1) is 11.6 Å². The second-order valence-electron chi connectivity index (χ2n) is 6.00. The number of aromatic carboxylic acids is 1. The van der Waals surface area contributed by atoms with Crippen molar-refractivity contribution in [2.24, 2.45) is 0 Å². The second kappa shape index (κ2) is 4.81. The molecule has 1 aromatic carbocycles. The van der Waals surface area contributed by atoms with Gasteiger partial charge in [0.25, 0.3) is 0 Å². The summed E-state index contributed by atoms with van der Waals surface area (Å²) in [6.45, 7) is 7.79. The van der Waals surface area contributed by atoms with Crippen molar-refractivity contribution in [3.8, 4) is 0 Å². The molecule has 1 aliphatic rings. The summed E-state index contributed by atoms with van der Waals surface area (Å²) in [5.74, 6) is -0.962. The molecule has 108 valence electrons.